The van der Waals surface area contributed by atoms with Gasteiger partial charge in [0.25, 0.3) is 5.91 Å². The third kappa shape index (κ3) is 3.51. The molecule has 3 aromatic rings. The van der Waals surface area contributed by atoms with Crippen molar-refractivity contribution in [3.8, 4) is 5.69 Å². The summed E-state index contributed by atoms with van der Waals surface area (Å²) in [5, 5.41) is 15.2. The first kappa shape index (κ1) is 19.2. The number of hydrazone groups is 1. The lowest BCUT2D eigenvalue weighted by molar-refractivity contribution is -0.114. The van der Waals surface area contributed by atoms with Crippen molar-refractivity contribution < 1.29 is 9.18 Å². The molecule has 0 spiro atoms. The highest BCUT2D eigenvalue weighted by Gasteiger charge is 2.36. The molecule has 3 heterocycles. The number of rotatable bonds is 3. The van der Waals surface area contributed by atoms with Crippen molar-refractivity contribution >= 4 is 39.8 Å². The molecule has 6 nitrogen and oxygen atoms in total. The van der Waals surface area contributed by atoms with Crippen molar-refractivity contribution in [3.63, 3.8) is 0 Å². The van der Waals surface area contributed by atoms with Crippen LogP contribution in [0.25, 0.3) is 11.8 Å². The Labute approximate surface area is 181 Å². The highest BCUT2D eigenvalue weighted by atomic mass is 32.2. The minimum atomic E-state index is -0.490. The van der Waals surface area contributed by atoms with E-state index in [4.69, 9.17) is 5.41 Å². The van der Waals surface area contributed by atoms with Gasteiger partial charge in [0.05, 0.1) is 5.57 Å². The first-order chi connectivity index (χ1) is 15.0. The van der Waals surface area contributed by atoms with Gasteiger partial charge in [-0.1, -0.05) is 17.7 Å². The molecule has 0 saturated carbocycles. The van der Waals surface area contributed by atoms with E-state index in [9.17, 15) is 9.18 Å². The average Bonchev–Trinajstić information content (AvgIpc) is 3.39. The van der Waals surface area contributed by atoms with E-state index in [1.54, 1.807) is 18.2 Å². The van der Waals surface area contributed by atoms with Gasteiger partial charge in [-0.3, -0.25) is 10.2 Å². The van der Waals surface area contributed by atoms with Crippen molar-refractivity contribution in [1.82, 2.24) is 9.58 Å². The third-order valence-electron chi connectivity index (χ3n) is 4.93. The number of nitrogens with zero attached hydrogens (tertiary/aromatic N) is 4. The van der Waals surface area contributed by atoms with E-state index in [-0.39, 0.29) is 17.2 Å². The largest absolute Gasteiger partial charge is 0.317 e. The van der Waals surface area contributed by atoms with Gasteiger partial charge < -0.3 is 4.57 Å². The predicted molar refractivity (Wildman–Crippen MR) is 121 cm³/mol. The lowest BCUT2D eigenvalue weighted by Gasteiger charge is -2.20. The molecule has 0 aliphatic carbocycles. The van der Waals surface area contributed by atoms with Crippen molar-refractivity contribution in [2.24, 2.45) is 10.1 Å². The zero-order chi connectivity index (χ0) is 21.5. The highest BCUT2D eigenvalue weighted by molar-refractivity contribution is 8.27. The van der Waals surface area contributed by atoms with Gasteiger partial charge in [0.2, 0.25) is 5.17 Å². The summed E-state index contributed by atoms with van der Waals surface area (Å²) in [6.07, 6.45) is 3.56. The van der Waals surface area contributed by atoms with Crippen LogP contribution in [-0.2, 0) is 4.79 Å². The summed E-state index contributed by atoms with van der Waals surface area (Å²) in [4.78, 5) is 16.8. The first-order valence-corrected chi connectivity index (χ1v) is 10.3. The van der Waals surface area contributed by atoms with E-state index in [2.05, 4.69) is 10.1 Å². The molecule has 5 rings (SSSR count). The van der Waals surface area contributed by atoms with Crippen LogP contribution >= 0.6 is 11.8 Å². The van der Waals surface area contributed by atoms with Gasteiger partial charge in [0.1, 0.15) is 10.9 Å². The second kappa shape index (κ2) is 7.48. The molecule has 1 aromatic heterocycles. The van der Waals surface area contributed by atoms with E-state index in [1.807, 2.05) is 54.1 Å². The van der Waals surface area contributed by atoms with Gasteiger partial charge in [0, 0.05) is 23.1 Å². The second-order valence-electron chi connectivity index (χ2n) is 7.07. The Hall–Kier alpha value is -3.78. The number of benzene rings is 2. The van der Waals surface area contributed by atoms with Crippen LogP contribution in [0, 0.1) is 18.2 Å². The fraction of sp³-hybridized carbons (Fsp3) is 0.0435. The van der Waals surface area contributed by atoms with Crippen LogP contribution in [0.5, 0.6) is 0 Å². The lowest BCUT2D eigenvalue weighted by Crippen LogP contribution is -2.35. The Morgan fingerprint density at radius 1 is 1.06 bits per heavy atom. The number of thioether (sulfide) groups is 1. The van der Waals surface area contributed by atoms with Crippen LogP contribution < -0.4 is 0 Å². The van der Waals surface area contributed by atoms with Crippen LogP contribution in [0.2, 0.25) is 0 Å². The summed E-state index contributed by atoms with van der Waals surface area (Å²) in [7, 11) is 0. The molecule has 0 atom stereocenters. The number of carbonyl (C=O) groups excluding carboxylic acids is 1. The fourth-order valence-electron chi connectivity index (χ4n) is 3.30. The minimum absolute atomic E-state index is 0.0451. The molecule has 1 amide bonds. The number of aryl methyl sites for hydroxylation is 1. The quantitative estimate of drug-likeness (QED) is 0.619. The zero-order valence-electron chi connectivity index (χ0n) is 16.4. The summed E-state index contributed by atoms with van der Waals surface area (Å²) in [5.74, 6) is -0.876. The maximum absolute atomic E-state index is 13.2. The smallest absolute Gasteiger partial charge is 0.283 e. The number of halogens is 1. The molecule has 0 bridgehead atoms. The molecule has 8 heteroatoms. The molecular formula is C23H16FN5OS. The normalized spacial score (nSPS) is 17.1. The standard InChI is InChI=1S/C23H16FN5OS/c1-14-4-10-17(11-5-14)28-12-2-3-18(28)13-19-20(25)29-23(26-21(19)30)31-22(27-29)15-6-8-16(24)9-7-15/h2-13,25H,1H3/b19-13-,25-20?. The third-order valence-corrected chi connectivity index (χ3v) is 5.89. The number of hydrogen-bond donors (Lipinski definition) is 1. The van der Waals surface area contributed by atoms with Crippen molar-refractivity contribution in [1.29, 1.82) is 5.41 Å². The Morgan fingerprint density at radius 2 is 1.81 bits per heavy atom. The molecular weight excluding hydrogens is 413 g/mol. The summed E-state index contributed by atoms with van der Waals surface area (Å²) < 4.78 is 15.2. The number of amides is 1. The minimum Gasteiger partial charge on any atom is -0.317 e. The van der Waals surface area contributed by atoms with E-state index in [1.165, 1.54) is 28.9 Å². The molecule has 0 saturated heterocycles. The van der Waals surface area contributed by atoms with Gasteiger partial charge in [-0.05, 0) is 73.3 Å². The highest BCUT2D eigenvalue weighted by Crippen LogP contribution is 2.31. The van der Waals surface area contributed by atoms with E-state index < -0.39 is 5.91 Å². The molecule has 31 heavy (non-hydrogen) atoms. The van der Waals surface area contributed by atoms with Gasteiger partial charge in [-0.15, -0.1) is 0 Å². The Morgan fingerprint density at radius 3 is 2.55 bits per heavy atom. The number of nitrogens with one attached hydrogen (secondary N) is 1. The molecule has 0 fully saturated rings. The number of carbonyl (C=O) groups is 1. The van der Waals surface area contributed by atoms with E-state index >= 15 is 0 Å². The molecule has 0 unspecified atom stereocenters. The number of hydrogen-bond acceptors (Lipinski definition) is 4. The molecule has 152 valence electrons. The van der Waals surface area contributed by atoms with Gasteiger partial charge in [-0.2, -0.15) is 15.1 Å². The monoisotopic (exact) mass is 429 g/mol. The van der Waals surface area contributed by atoms with Crippen LogP contribution in [0.1, 0.15) is 16.8 Å². The van der Waals surface area contributed by atoms with Gasteiger partial charge in [-0.25, -0.2) is 4.39 Å². The number of aromatic nitrogens is 1. The van der Waals surface area contributed by atoms with Crippen molar-refractivity contribution in [2.75, 3.05) is 0 Å². The Balaban J connectivity index is 1.49. The lowest BCUT2D eigenvalue weighted by atomic mass is 10.1. The number of fused-ring (bicyclic) bond motifs is 1. The van der Waals surface area contributed by atoms with Crippen LogP contribution in [-0.4, -0.2) is 31.5 Å². The first-order valence-electron chi connectivity index (χ1n) is 9.50. The number of amidine groups is 2. The molecule has 2 aromatic carbocycles. The van der Waals surface area contributed by atoms with Gasteiger partial charge >= 0.3 is 0 Å². The maximum Gasteiger partial charge on any atom is 0.283 e. The van der Waals surface area contributed by atoms with Crippen molar-refractivity contribution in [2.45, 2.75) is 6.92 Å². The van der Waals surface area contributed by atoms with E-state index in [0.29, 0.717) is 15.8 Å². The van der Waals surface area contributed by atoms with E-state index in [0.717, 1.165) is 16.9 Å². The Kier molecular flexibility index (Phi) is 4.63. The molecule has 0 radical (unpaired) electrons. The van der Waals surface area contributed by atoms with Crippen LogP contribution in [0.4, 0.5) is 4.39 Å². The second-order valence-corrected chi connectivity index (χ2v) is 8.03. The summed E-state index contributed by atoms with van der Waals surface area (Å²) in [6.45, 7) is 2.02. The topological polar surface area (TPSA) is 73.8 Å². The summed E-state index contributed by atoms with van der Waals surface area (Å²) >= 11 is 1.18. The SMILES string of the molecule is Cc1ccc(-n2cccc2/C=C2/C(=N)N3N=C(c4ccc(F)cc4)SC3=NC2=O)cc1. The zero-order valence-corrected chi connectivity index (χ0v) is 17.2. The van der Waals surface area contributed by atoms with Crippen LogP contribution in [0.3, 0.4) is 0 Å². The molecule has 1 N–H and O–H groups in total. The maximum atomic E-state index is 13.2. The average molecular weight is 429 g/mol. The summed E-state index contributed by atoms with van der Waals surface area (Å²) in [5.41, 5.74) is 3.71. The van der Waals surface area contributed by atoms with Crippen LogP contribution in [0.15, 0.2) is 82.5 Å². The molecule has 2 aliphatic rings. The summed E-state index contributed by atoms with van der Waals surface area (Å²) in [6, 6.07) is 17.7. The predicted octanol–water partition coefficient (Wildman–Crippen LogP) is 4.59. The van der Waals surface area contributed by atoms with Crippen molar-refractivity contribution in [3.05, 3.63) is 95.1 Å². The molecule has 2 aliphatic heterocycles. The Bertz CT molecular complexity index is 1300. The number of aliphatic imine (C=N–C) groups is 1. The fourth-order valence-corrected chi connectivity index (χ4v) is 4.20. The van der Waals surface area contributed by atoms with Gasteiger partial charge in [0.15, 0.2) is 5.84 Å².